The molecule has 2 aromatic rings. The molecule has 0 bridgehead atoms. The second kappa shape index (κ2) is 6.35. The number of benzene rings is 1. The van der Waals surface area contributed by atoms with E-state index >= 15 is 0 Å². The molecule has 108 valence electrons. The lowest BCUT2D eigenvalue weighted by Gasteiger charge is -2.09. The average molecular weight is 306 g/mol. The molecule has 0 spiro atoms. The summed E-state index contributed by atoms with van der Waals surface area (Å²) >= 11 is 0. The van der Waals surface area contributed by atoms with Gasteiger partial charge in [0.2, 0.25) is 0 Å². The average Bonchev–Trinajstić information content (AvgIpc) is 2.45. The van der Waals surface area contributed by atoms with E-state index in [-0.39, 0.29) is 16.3 Å². The molecule has 1 aromatic heterocycles. The van der Waals surface area contributed by atoms with Gasteiger partial charge in [-0.2, -0.15) is 0 Å². The number of aliphatic hydroxyl groups is 1. The van der Waals surface area contributed by atoms with Crippen molar-refractivity contribution in [3.05, 3.63) is 54.0 Å². The highest BCUT2D eigenvalue weighted by Crippen LogP contribution is 2.19. The first-order valence-corrected chi connectivity index (χ1v) is 7.34. The molecule has 0 saturated carbocycles. The van der Waals surface area contributed by atoms with Crippen LogP contribution in [0.1, 0.15) is 5.56 Å². The lowest BCUT2D eigenvalue weighted by atomic mass is 10.2. The number of rotatable bonds is 3. The number of hydrogen-bond acceptors (Lipinski definition) is 4. The molecule has 0 unspecified atom stereocenters. The minimum atomic E-state index is -3.95. The lowest BCUT2D eigenvalue weighted by molar-refractivity contribution is 0.350. The number of aliphatic hydroxyl groups excluding tert-OH is 1. The van der Waals surface area contributed by atoms with Gasteiger partial charge in [0.05, 0.1) is 0 Å². The number of hydrogen-bond donors (Lipinski definition) is 2. The standard InChI is InChI=1S/C14H11FN2O3S/c15-12-6-7-13(11(10-12)4-3-9-18)21(19,20)17-14-5-1-2-8-16-14/h1-2,5-8,10,18H,9H2,(H,16,17). The van der Waals surface area contributed by atoms with Gasteiger partial charge in [-0.15, -0.1) is 0 Å². The highest BCUT2D eigenvalue weighted by Gasteiger charge is 2.19. The maximum Gasteiger partial charge on any atom is 0.264 e. The minimum Gasteiger partial charge on any atom is -0.384 e. The predicted molar refractivity (Wildman–Crippen MR) is 75.4 cm³/mol. The largest absolute Gasteiger partial charge is 0.384 e. The van der Waals surface area contributed by atoms with E-state index in [0.717, 1.165) is 18.2 Å². The number of pyridine rings is 1. The second-order valence-electron chi connectivity index (χ2n) is 3.92. The van der Waals surface area contributed by atoms with E-state index in [1.807, 2.05) is 0 Å². The fraction of sp³-hybridized carbons (Fsp3) is 0.0714. The minimum absolute atomic E-state index is 0.0347. The summed E-state index contributed by atoms with van der Waals surface area (Å²) in [6, 6.07) is 7.89. The molecular formula is C14H11FN2O3S. The van der Waals surface area contributed by atoms with Crippen molar-refractivity contribution in [2.24, 2.45) is 0 Å². The number of halogens is 1. The monoisotopic (exact) mass is 306 g/mol. The van der Waals surface area contributed by atoms with E-state index in [9.17, 15) is 12.8 Å². The molecule has 0 aliphatic heterocycles. The molecule has 5 nitrogen and oxygen atoms in total. The Morgan fingerprint density at radius 1 is 1.29 bits per heavy atom. The van der Waals surface area contributed by atoms with Crippen LogP contribution in [0.25, 0.3) is 0 Å². The molecule has 2 rings (SSSR count). The van der Waals surface area contributed by atoms with Crippen LogP contribution < -0.4 is 4.72 Å². The van der Waals surface area contributed by atoms with Gasteiger partial charge in [0, 0.05) is 11.8 Å². The molecule has 0 radical (unpaired) electrons. The van der Waals surface area contributed by atoms with Gasteiger partial charge in [0.1, 0.15) is 23.1 Å². The van der Waals surface area contributed by atoms with Gasteiger partial charge in [0.15, 0.2) is 0 Å². The molecule has 0 atom stereocenters. The number of anilines is 1. The van der Waals surface area contributed by atoms with Gasteiger partial charge in [0.25, 0.3) is 10.0 Å². The SMILES string of the molecule is O=S(=O)(Nc1ccccn1)c1ccc(F)cc1C#CCO. The molecule has 0 saturated heterocycles. The summed E-state index contributed by atoms with van der Waals surface area (Å²) in [6.07, 6.45) is 1.44. The van der Waals surface area contributed by atoms with Crippen molar-refractivity contribution in [1.82, 2.24) is 4.98 Å². The van der Waals surface area contributed by atoms with Gasteiger partial charge in [-0.25, -0.2) is 17.8 Å². The van der Waals surface area contributed by atoms with Gasteiger partial charge in [-0.1, -0.05) is 17.9 Å². The first-order valence-electron chi connectivity index (χ1n) is 5.86. The third kappa shape index (κ3) is 3.78. The van der Waals surface area contributed by atoms with E-state index in [0.29, 0.717) is 0 Å². The summed E-state index contributed by atoms with van der Waals surface area (Å²) in [5.74, 6) is 4.24. The van der Waals surface area contributed by atoms with Gasteiger partial charge >= 0.3 is 0 Å². The summed E-state index contributed by atoms with van der Waals surface area (Å²) in [4.78, 5) is 3.67. The van der Waals surface area contributed by atoms with Gasteiger partial charge in [-0.05, 0) is 30.3 Å². The van der Waals surface area contributed by atoms with Crippen molar-refractivity contribution in [3.8, 4) is 11.8 Å². The van der Waals surface area contributed by atoms with Crippen LogP contribution in [-0.4, -0.2) is 25.1 Å². The zero-order valence-corrected chi connectivity index (χ0v) is 11.6. The van der Waals surface area contributed by atoms with Crippen LogP contribution in [0.4, 0.5) is 10.2 Å². The highest BCUT2D eigenvalue weighted by atomic mass is 32.2. The zero-order valence-electron chi connectivity index (χ0n) is 10.7. The number of aromatic nitrogens is 1. The van der Waals surface area contributed by atoms with Crippen LogP contribution >= 0.6 is 0 Å². The van der Waals surface area contributed by atoms with Gasteiger partial charge in [-0.3, -0.25) is 4.72 Å². The summed E-state index contributed by atoms with van der Waals surface area (Å²) < 4.78 is 40.1. The van der Waals surface area contributed by atoms with Crippen molar-refractivity contribution in [3.63, 3.8) is 0 Å². The smallest absolute Gasteiger partial charge is 0.264 e. The van der Waals surface area contributed by atoms with Crippen molar-refractivity contribution < 1.29 is 17.9 Å². The van der Waals surface area contributed by atoms with Crippen LogP contribution in [0.2, 0.25) is 0 Å². The number of nitrogens with zero attached hydrogens (tertiary/aromatic N) is 1. The van der Waals surface area contributed by atoms with E-state index < -0.39 is 22.4 Å². The first-order chi connectivity index (χ1) is 10.0. The molecule has 1 aromatic carbocycles. The predicted octanol–water partition coefficient (Wildman–Crippen LogP) is 1.37. The Balaban J connectivity index is 2.45. The van der Waals surface area contributed by atoms with Crippen LogP contribution in [0.15, 0.2) is 47.5 Å². The van der Waals surface area contributed by atoms with Crippen LogP contribution in [0.3, 0.4) is 0 Å². The quantitative estimate of drug-likeness (QED) is 0.839. The van der Waals surface area contributed by atoms with Crippen LogP contribution in [0.5, 0.6) is 0 Å². The second-order valence-corrected chi connectivity index (χ2v) is 5.57. The molecule has 0 aliphatic rings. The van der Waals surface area contributed by atoms with Crippen molar-refractivity contribution in [2.75, 3.05) is 11.3 Å². The summed E-state index contributed by atoms with van der Waals surface area (Å²) in [6.45, 7) is -0.455. The summed E-state index contributed by atoms with van der Waals surface area (Å²) in [5.41, 5.74) is -0.0347. The Hall–Kier alpha value is -2.43. The molecule has 2 N–H and O–H groups in total. The van der Waals surface area contributed by atoms with Crippen LogP contribution in [0, 0.1) is 17.7 Å². The van der Waals surface area contributed by atoms with E-state index in [4.69, 9.17) is 5.11 Å². The summed E-state index contributed by atoms with van der Waals surface area (Å²) in [5, 5.41) is 8.68. The normalized spacial score (nSPS) is 10.6. The maximum atomic E-state index is 13.2. The van der Waals surface area contributed by atoms with E-state index in [1.54, 1.807) is 12.1 Å². The molecule has 0 aliphatic carbocycles. The Morgan fingerprint density at radius 3 is 2.76 bits per heavy atom. The van der Waals surface area contributed by atoms with Crippen molar-refractivity contribution in [2.45, 2.75) is 4.90 Å². The molecule has 1 heterocycles. The molecule has 0 amide bonds. The zero-order chi connectivity index (χ0) is 15.3. The van der Waals surface area contributed by atoms with Crippen molar-refractivity contribution in [1.29, 1.82) is 0 Å². The first kappa shape index (κ1) is 15.0. The maximum absolute atomic E-state index is 13.2. The molecule has 0 fully saturated rings. The molecular weight excluding hydrogens is 295 g/mol. The summed E-state index contributed by atoms with van der Waals surface area (Å²) in [7, 11) is -3.95. The molecule has 21 heavy (non-hydrogen) atoms. The Morgan fingerprint density at radius 2 is 2.10 bits per heavy atom. The molecule has 7 heteroatoms. The van der Waals surface area contributed by atoms with Gasteiger partial charge < -0.3 is 5.11 Å². The Bertz CT molecular complexity index is 796. The van der Waals surface area contributed by atoms with Crippen LogP contribution in [-0.2, 0) is 10.0 Å². The third-order valence-electron chi connectivity index (χ3n) is 2.44. The lowest BCUT2D eigenvalue weighted by Crippen LogP contribution is -2.15. The third-order valence-corrected chi connectivity index (χ3v) is 3.85. The highest BCUT2D eigenvalue weighted by molar-refractivity contribution is 7.92. The fourth-order valence-electron chi connectivity index (χ4n) is 1.58. The number of nitrogens with one attached hydrogen (secondary N) is 1. The van der Waals surface area contributed by atoms with E-state index in [1.165, 1.54) is 12.3 Å². The Kier molecular flexibility index (Phi) is 4.52. The Labute approximate surface area is 121 Å². The topological polar surface area (TPSA) is 79.3 Å². The fourth-order valence-corrected chi connectivity index (χ4v) is 2.74. The van der Waals surface area contributed by atoms with Crippen molar-refractivity contribution >= 4 is 15.8 Å². The van der Waals surface area contributed by atoms with E-state index in [2.05, 4.69) is 21.5 Å². The number of sulfonamides is 1.